The summed E-state index contributed by atoms with van der Waals surface area (Å²) in [5, 5.41) is 0.0271. The van der Waals surface area contributed by atoms with Crippen LogP contribution in [0.15, 0.2) is 15.4 Å². The van der Waals surface area contributed by atoms with E-state index in [2.05, 4.69) is 15.9 Å². The molecule has 0 heterocycles. The molecule has 0 aliphatic rings. The van der Waals surface area contributed by atoms with Crippen molar-refractivity contribution in [3.63, 3.8) is 0 Å². The number of hydrogen-bond acceptors (Lipinski definition) is 4. The maximum absolute atomic E-state index is 14.1. The highest BCUT2D eigenvalue weighted by Gasteiger charge is 2.27. The predicted molar refractivity (Wildman–Crippen MR) is 84.4 cm³/mol. The average molecular weight is 404 g/mol. The summed E-state index contributed by atoms with van der Waals surface area (Å²) in [5.74, 6) is -1.03. The van der Waals surface area contributed by atoms with Gasteiger partial charge in [0.05, 0.1) is 27.9 Å². The molecule has 0 bridgehead atoms. The Bertz CT molecular complexity index is 625. The van der Waals surface area contributed by atoms with E-state index in [9.17, 15) is 12.8 Å². The van der Waals surface area contributed by atoms with Gasteiger partial charge in [-0.15, -0.1) is 0 Å². The van der Waals surface area contributed by atoms with Gasteiger partial charge in [0.2, 0.25) is 10.0 Å². The number of hydrogen-bond donors (Lipinski definition) is 1. The molecule has 0 spiro atoms. The Kier molecular flexibility index (Phi) is 6.42. The highest BCUT2D eigenvalue weighted by Crippen LogP contribution is 2.35. The van der Waals surface area contributed by atoms with Gasteiger partial charge in [-0.1, -0.05) is 11.6 Å². The van der Waals surface area contributed by atoms with Crippen LogP contribution < -0.4 is 5.73 Å². The molecule has 0 unspecified atom stereocenters. The van der Waals surface area contributed by atoms with Gasteiger partial charge in [0, 0.05) is 13.6 Å². The highest BCUT2D eigenvalue weighted by molar-refractivity contribution is 9.10. The zero-order valence-electron chi connectivity index (χ0n) is 11.9. The van der Waals surface area contributed by atoms with Crippen molar-refractivity contribution in [2.24, 2.45) is 0 Å². The Balaban J connectivity index is 3.08. The van der Waals surface area contributed by atoms with Gasteiger partial charge in [-0.25, -0.2) is 12.8 Å². The van der Waals surface area contributed by atoms with Crippen molar-refractivity contribution in [1.82, 2.24) is 4.31 Å². The quantitative estimate of drug-likeness (QED) is 0.585. The average Bonchev–Trinajstić information content (AvgIpc) is 2.39. The van der Waals surface area contributed by atoms with E-state index in [1.54, 1.807) is 0 Å². The summed E-state index contributed by atoms with van der Waals surface area (Å²) in [6.45, 7) is 3.97. The molecule has 120 valence electrons. The number of halogens is 3. The molecule has 0 fully saturated rings. The molecular weight excluding hydrogens is 387 g/mol. The number of benzene rings is 1. The number of likely N-dealkylation sites (N-methyl/N-ethyl adjacent to an activating group) is 1. The fourth-order valence-electron chi connectivity index (χ4n) is 1.49. The lowest BCUT2D eigenvalue weighted by Gasteiger charge is -2.19. The summed E-state index contributed by atoms with van der Waals surface area (Å²) < 4.78 is 45.2. The van der Waals surface area contributed by atoms with E-state index >= 15 is 0 Å². The second-order valence-electron chi connectivity index (χ2n) is 4.64. The lowest BCUT2D eigenvalue weighted by molar-refractivity contribution is 0.0737. The van der Waals surface area contributed by atoms with E-state index in [0.29, 0.717) is 0 Å². The van der Waals surface area contributed by atoms with Crippen LogP contribution in [0.5, 0.6) is 0 Å². The third-order valence-corrected chi connectivity index (χ3v) is 5.94. The zero-order valence-corrected chi connectivity index (χ0v) is 15.0. The number of nitrogens with zero attached hydrogens (tertiary/aromatic N) is 1. The van der Waals surface area contributed by atoms with Crippen molar-refractivity contribution in [2.45, 2.75) is 24.8 Å². The van der Waals surface area contributed by atoms with Gasteiger partial charge >= 0.3 is 0 Å². The van der Waals surface area contributed by atoms with Crippen molar-refractivity contribution in [1.29, 1.82) is 0 Å². The van der Waals surface area contributed by atoms with Crippen LogP contribution in [0.3, 0.4) is 0 Å². The maximum atomic E-state index is 14.1. The Hall–Kier alpha value is -0.410. The van der Waals surface area contributed by atoms with Crippen molar-refractivity contribution < 1.29 is 17.5 Å². The van der Waals surface area contributed by atoms with E-state index in [1.165, 1.54) is 7.05 Å². The number of sulfonamides is 1. The third kappa shape index (κ3) is 4.29. The molecule has 9 heteroatoms. The van der Waals surface area contributed by atoms with Gasteiger partial charge in [-0.05, 0) is 35.8 Å². The van der Waals surface area contributed by atoms with Gasteiger partial charge < -0.3 is 10.5 Å². The number of ether oxygens (including phenoxy) is 1. The van der Waals surface area contributed by atoms with Crippen molar-refractivity contribution in [3.8, 4) is 0 Å². The van der Waals surface area contributed by atoms with Crippen LogP contribution in [-0.4, -0.2) is 39.0 Å². The van der Waals surface area contributed by atoms with Crippen LogP contribution in [0.25, 0.3) is 0 Å². The molecule has 1 rings (SSSR count). The first-order chi connectivity index (χ1) is 9.59. The van der Waals surface area contributed by atoms with Crippen molar-refractivity contribution in [2.75, 3.05) is 25.9 Å². The topological polar surface area (TPSA) is 72.6 Å². The molecule has 1 aromatic rings. The summed E-state index contributed by atoms with van der Waals surface area (Å²) in [4.78, 5) is -0.555. The van der Waals surface area contributed by atoms with Gasteiger partial charge in [0.15, 0.2) is 5.82 Å². The van der Waals surface area contributed by atoms with E-state index in [1.807, 2.05) is 13.8 Å². The van der Waals surface area contributed by atoms with E-state index in [4.69, 9.17) is 22.1 Å². The molecule has 5 nitrogen and oxygen atoms in total. The minimum absolute atomic E-state index is 0.0180. The Morgan fingerprint density at radius 2 is 2.10 bits per heavy atom. The number of nitrogens with two attached hydrogens (primary N) is 1. The number of anilines is 1. The molecule has 0 radical (unpaired) electrons. The largest absolute Gasteiger partial charge is 0.395 e. The minimum atomic E-state index is -4.04. The van der Waals surface area contributed by atoms with E-state index < -0.39 is 20.7 Å². The Morgan fingerprint density at radius 1 is 1.52 bits per heavy atom. The zero-order chi connectivity index (χ0) is 16.4. The van der Waals surface area contributed by atoms with Gasteiger partial charge in [-0.3, -0.25) is 0 Å². The molecule has 0 amide bonds. The monoisotopic (exact) mass is 402 g/mol. The van der Waals surface area contributed by atoms with Crippen LogP contribution in [-0.2, 0) is 14.8 Å². The molecule has 0 saturated heterocycles. The predicted octanol–water partition coefficient (Wildman–Crippen LogP) is 2.87. The number of rotatable bonds is 6. The standard InChI is InChI=1S/C12H17BrClFN2O3S/c1-7(2)20-5-4-17(3)21(18,19)9-6-8(14)10(13)12(16)11(9)15/h6-7H,4-5,16H2,1-3H3. The Morgan fingerprint density at radius 3 is 2.62 bits per heavy atom. The second kappa shape index (κ2) is 7.23. The smallest absolute Gasteiger partial charge is 0.245 e. The van der Waals surface area contributed by atoms with Crippen molar-refractivity contribution >= 4 is 43.2 Å². The maximum Gasteiger partial charge on any atom is 0.245 e. The lowest BCUT2D eigenvalue weighted by atomic mass is 10.3. The van der Waals surface area contributed by atoms with E-state index in [-0.39, 0.29) is 34.4 Å². The fraction of sp³-hybridized carbons (Fsp3) is 0.500. The van der Waals surface area contributed by atoms with Crippen LogP contribution in [0.4, 0.5) is 10.1 Å². The SMILES string of the molecule is CC(C)OCCN(C)S(=O)(=O)c1cc(Cl)c(Br)c(N)c1F. The molecule has 2 N–H and O–H groups in total. The van der Waals surface area contributed by atoms with Crippen LogP contribution >= 0.6 is 27.5 Å². The molecule has 0 saturated carbocycles. The first kappa shape index (κ1) is 18.6. The lowest BCUT2D eigenvalue weighted by Crippen LogP contribution is -2.31. The third-order valence-electron chi connectivity index (χ3n) is 2.70. The minimum Gasteiger partial charge on any atom is -0.395 e. The molecular formula is C12H17BrClFN2O3S. The molecule has 0 aliphatic heterocycles. The van der Waals surface area contributed by atoms with Gasteiger partial charge in [0.1, 0.15) is 4.90 Å². The molecule has 0 aromatic heterocycles. The number of nitrogen functional groups attached to an aromatic ring is 1. The summed E-state index contributed by atoms with van der Waals surface area (Å²) in [7, 11) is -2.70. The Labute approximate surface area is 137 Å². The molecule has 0 aliphatic carbocycles. The van der Waals surface area contributed by atoms with Gasteiger partial charge in [0.25, 0.3) is 0 Å². The molecule has 1 aromatic carbocycles. The molecule has 0 atom stereocenters. The summed E-state index contributed by atoms with van der Waals surface area (Å²) >= 11 is 8.85. The first-order valence-corrected chi connectivity index (χ1v) is 8.71. The van der Waals surface area contributed by atoms with Gasteiger partial charge in [-0.2, -0.15) is 4.31 Å². The first-order valence-electron chi connectivity index (χ1n) is 6.10. The summed E-state index contributed by atoms with van der Waals surface area (Å²) in [5.41, 5.74) is 5.17. The molecule has 21 heavy (non-hydrogen) atoms. The van der Waals surface area contributed by atoms with Crippen LogP contribution in [0.1, 0.15) is 13.8 Å². The fourth-order valence-corrected chi connectivity index (χ4v) is 3.31. The highest BCUT2D eigenvalue weighted by atomic mass is 79.9. The van der Waals surface area contributed by atoms with E-state index in [0.717, 1.165) is 10.4 Å². The second-order valence-corrected chi connectivity index (χ2v) is 7.86. The van der Waals surface area contributed by atoms with Crippen LogP contribution in [0, 0.1) is 5.82 Å². The summed E-state index contributed by atoms with van der Waals surface area (Å²) in [6.07, 6.45) is -0.0180. The van der Waals surface area contributed by atoms with Crippen molar-refractivity contribution in [3.05, 3.63) is 21.4 Å². The van der Waals surface area contributed by atoms with Crippen LogP contribution in [0.2, 0.25) is 5.02 Å². The summed E-state index contributed by atoms with van der Waals surface area (Å²) in [6, 6.07) is 1.03. The normalized spacial score (nSPS) is 12.4.